The first-order valence-corrected chi connectivity index (χ1v) is 10.3. The summed E-state index contributed by atoms with van der Waals surface area (Å²) in [4.78, 5) is 17.1. The van der Waals surface area contributed by atoms with Crippen molar-refractivity contribution in [1.82, 2.24) is 19.4 Å². The molecule has 29 heavy (non-hydrogen) atoms. The molecule has 0 radical (unpaired) electrons. The second-order valence-corrected chi connectivity index (χ2v) is 7.85. The highest BCUT2D eigenvalue weighted by Gasteiger charge is 2.12. The summed E-state index contributed by atoms with van der Waals surface area (Å²) in [7, 11) is 2.02. The molecule has 0 aliphatic heterocycles. The van der Waals surface area contributed by atoms with Gasteiger partial charge in [0.2, 0.25) is 5.91 Å². The van der Waals surface area contributed by atoms with E-state index in [4.69, 9.17) is 0 Å². The maximum atomic E-state index is 12.4. The number of nitrogens with zero attached hydrogens (tertiary/aromatic N) is 3. The van der Waals surface area contributed by atoms with Gasteiger partial charge in [0.15, 0.2) is 0 Å². The van der Waals surface area contributed by atoms with Crippen LogP contribution in [0.1, 0.15) is 37.7 Å². The number of hydrogen-bond donors (Lipinski definition) is 1. The summed E-state index contributed by atoms with van der Waals surface area (Å²) in [6, 6.07) is 16.9. The van der Waals surface area contributed by atoms with Crippen LogP contribution in [0.25, 0.3) is 21.9 Å². The highest BCUT2D eigenvalue weighted by atomic mass is 16.1. The number of carbonyl (C=O) groups is 1. The van der Waals surface area contributed by atoms with Crippen LogP contribution in [0.4, 0.5) is 0 Å². The number of hydrogen-bond acceptors (Lipinski definition) is 2. The molecule has 0 aliphatic rings. The molecule has 0 bridgehead atoms. The average molecular weight is 389 g/mol. The zero-order chi connectivity index (χ0) is 20.4. The van der Waals surface area contributed by atoms with Crippen LogP contribution in [0.3, 0.4) is 0 Å². The van der Waals surface area contributed by atoms with Crippen LogP contribution >= 0.6 is 0 Å². The van der Waals surface area contributed by atoms with Gasteiger partial charge in [0.05, 0.1) is 11.0 Å². The molecular weight excluding hydrogens is 360 g/mol. The Morgan fingerprint density at radius 2 is 1.76 bits per heavy atom. The van der Waals surface area contributed by atoms with Gasteiger partial charge >= 0.3 is 0 Å². The third-order valence-electron chi connectivity index (χ3n) is 5.55. The predicted octanol–water partition coefficient (Wildman–Crippen LogP) is 4.40. The molecule has 4 rings (SSSR count). The number of carbonyl (C=O) groups excluding carboxylic acids is 1. The van der Waals surface area contributed by atoms with E-state index >= 15 is 0 Å². The molecule has 0 saturated carbocycles. The van der Waals surface area contributed by atoms with Gasteiger partial charge in [0, 0.05) is 49.6 Å². The predicted molar refractivity (Wildman–Crippen MR) is 118 cm³/mol. The number of amides is 1. The first kappa shape index (κ1) is 19.2. The second-order valence-electron chi connectivity index (χ2n) is 7.85. The Kier molecular flexibility index (Phi) is 5.38. The maximum Gasteiger partial charge on any atom is 0.220 e. The summed E-state index contributed by atoms with van der Waals surface area (Å²) in [5, 5.41) is 4.30. The number of para-hydroxylation sites is 3. The topological polar surface area (TPSA) is 51.9 Å². The normalized spacial score (nSPS) is 11.6. The molecule has 2 heterocycles. The monoisotopic (exact) mass is 388 g/mol. The minimum atomic E-state index is 0.0881. The Bertz CT molecular complexity index is 1150. The summed E-state index contributed by atoms with van der Waals surface area (Å²) >= 11 is 0. The van der Waals surface area contributed by atoms with E-state index in [-0.39, 0.29) is 5.91 Å². The highest BCUT2D eigenvalue weighted by molar-refractivity contribution is 5.85. The molecule has 0 fully saturated rings. The quantitative estimate of drug-likeness (QED) is 0.510. The lowest BCUT2D eigenvalue weighted by atomic mass is 10.1. The van der Waals surface area contributed by atoms with Crippen LogP contribution in [0, 0.1) is 0 Å². The minimum absolute atomic E-state index is 0.0881. The molecule has 4 aromatic rings. The Balaban J connectivity index is 1.35. The summed E-state index contributed by atoms with van der Waals surface area (Å²) < 4.78 is 4.39. The number of aromatic nitrogens is 3. The molecule has 1 N–H and O–H groups in total. The minimum Gasteiger partial charge on any atom is -0.356 e. The van der Waals surface area contributed by atoms with Crippen molar-refractivity contribution in [2.24, 2.45) is 7.05 Å². The van der Waals surface area contributed by atoms with Gasteiger partial charge in [-0.15, -0.1) is 0 Å². The molecule has 2 aromatic carbocycles. The van der Waals surface area contributed by atoms with Crippen molar-refractivity contribution in [3.63, 3.8) is 0 Å². The van der Waals surface area contributed by atoms with Crippen molar-refractivity contribution in [3.05, 3.63) is 66.1 Å². The first-order chi connectivity index (χ1) is 14.0. The van der Waals surface area contributed by atoms with E-state index in [0.717, 1.165) is 29.7 Å². The number of benzene rings is 2. The fraction of sp³-hybridized carbons (Fsp3) is 0.333. The van der Waals surface area contributed by atoms with Crippen molar-refractivity contribution >= 4 is 27.8 Å². The Morgan fingerprint density at radius 3 is 2.52 bits per heavy atom. The lowest BCUT2D eigenvalue weighted by molar-refractivity contribution is -0.121. The fourth-order valence-corrected chi connectivity index (χ4v) is 3.97. The van der Waals surface area contributed by atoms with Crippen molar-refractivity contribution in [2.45, 2.75) is 39.2 Å². The lowest BCUT2D eigenvalue weighted by Gasteiger charge is -2.08. The zero-order valence-electron chi connectivity index (χ0n) is 17.4. The van der Waals surface area contributed by atoms with E-state index in [1.165, 1.54) is 16.5 Å². The van der Waals surface area contributed by atoms with Crippen molar-refractivity contribution in [1.29, 1.82) is 0 Å². The molecule has 5 heteroatoms. The van der Waals surface area contributed by atoms with Gasteiger partial charge in [-0.1, -0.05) is 30.3 Å². The molecule has 0 spiro atoms. The van der Waals surface area contributed by atoms with Gasteiger partial charge in [0.1, 0.15) is 5.82 Å². The van der Waals surface area contributed by atoms with Crippen LogP contribution in [0.2, 0.25) is 0 Å². The van der Waals surface area contributed by atoms with Crippen LogP contribution in [-0.4, -0.2) is 26.6 Å². The molecule has 0 saturated heterocycles. The second kappa shape index (κ2) is 8.11. The van der Waals surface area contributed by atoms with E-state index in [9.17, 15) is 4.79 Å². The van der Waals surface area contributed by atoms with Gasteiger partial charge in [0.25, 0.3) is 0 Å². The number of imidazole rings is 1. The summed E-state index contributed by atoms with van der Waals surface area (Å²) in [6.45, 7) is 4.97. The number of aryl methyl sites for hydroxylation is 2. The SMILES string of the molecule is CC(C)n1cc(CCC(=O)NCCc2nc3ccccc3n2C)c2ccccc21. The van der Waals surface area contributed by atoms with E-state index < -0.39 is 0 Å². The maximum absolute atomic E-state index is 12.4. The number of rotatable bonds is 7. The number of nitrogens with one attached hydrogen (secondary N) is 1. The van der Waals surface area contributed by atoms with Crippen molar-refractivity contribution < 1.29 is 4.79 Å². The highest BCUT2D eigenvalue weighted by Crippen LogP contribution is 2.25. The van der Waals surface area contributed by atoms with Crippen molar-refractivity contribution in [2.75, 3.05) is 6.54 Å². The van der Waals surface area contributed by atoms with Crippen LogP contribution in [0.15, 0.2) is 54.7 Å². The zero-order valence-corrected chi connectivity index (χ0v) is 17.4. The number of fused-ring (bicyclic) bond motifs is 2. The molecule has 0 aliphatic carbocycles. The van der Waals surface area contributed by atoms with E-state index in [2.05, 4.69) is 69.8 Å². The lowest BCUT2D eigenvalue weighted by Crippen LogP contribution is -2.26. The Labute approximate surface area is 171 Å². The third kappa shape index (κ3) is 3.90. The van der Waals surface area contributed by atoms with E-state index in [0.29, 0.717) is 19.0 Å². The molecule has 0 unspecified atom stereocenters. The molecule has 2 aromatic heterocycles. The van der Waals surface area contributed by atoms with Gasteiger partial charge in [-0.25, -0.2) is 4.98 Å². The van der Waals surface area contributed by atoms with Crippen molar-refractivity contribution in [3.8, 4) is 0 Å². The standard InChI is InChI=1S/C24H28N4O/c1-17(2)28-16-18(19-8-4-6-10-21(19)28)12-13-24(29)25-15-14-23-26-20-9-5-7-11-22(20)27(23)3/h4-11,16-17H,12-15H2,1-3H3,(H,25,29). The molecule has 5 nitrogen and oxygen atoms in total. The Morgan fingerprint density at radius 1 is 1.03 bits per heavy atom. The average Bonchev–Trinajstić information content (AvgIpc) is 3.25. The van der Waals surface area contributed by atoms with E-state index in [1.807, 2.05) is 25.2 Å². The Hall–Kier alpha value is -3.08. The molecular formula is C24H28N4O. The van der Waals surface area contributed by atoms with Gasteiger partial charge < -0.3 is 14.5 Å². The van der Waals surface area contributed by atoms with Crippen LogP contribution in [0.5, 0.6) is 0 Å². The largest absolute Gasteiger partial charge is 0.356 e. The van der Waals surface area contributed by atoms with Gasteiger partial charge in [-0.05, 0) is 44.0 Å². The van der Waals surface area contributed by atoms with Gasteiger partial charge in [-0.3, -0.25) is 4.79 Å². The third-order valence-corrected chi connectivity index (χ3v) is 5.55. The summed E-state index contributed by atoms with van der Waals surface area (Å²) in [5.74, 6) is 1.08. The van der Waals surface area contributed by atoms with E-state index in [1.54, 1.807) is 0 Å². The van der Waals surface area contributed by atoms with Gasteiger partial charge in [-0.2, -0.15) is 0 Å². The first-order valence-electron chi connectivity index (χ1n) is 10.3. The molecule has 1 amide bonds. The molecule has 150 valence electrons. The fourth-order valence-electron chi connectivity index (χ4n) is 3.97. The molecule has 0 atom stereocenters. The summed E-state index contributed by atoms with van der Waals surface area (Å²) in [6.07, 6.45) is 4.17. The summed E-state index contributed by atoms with van der Waals surface area (Å²) in [5.41, 5.74) is 4.59. The smallest absolute Gasteiger partial charge is 0.220 e. The van der Waals surface area contributed by atoms with Crippen LogP contribution in [-0.2, 0) is 24.7 Å². The van der Waals surface area contributed by atoms with Crippen LogP contribution < -0.4 is 5.32 Å².